The molecule has 2 aromatic heterocycles. The number of rotatable bonds is 5. The molecule has 2 heterocycles. The van der Waals surface area contributed by atoms with Gasteiger partial charge in [0.05, 0.1) is 16.7 Å². The van der Waals surface area contributed by atoms with Crippen LogP contribution >= 0.6 is 0 Å². The first kappa shape index (κ1) is 25.4. The van der Waals surface area contributed by atoms with E-state index in [-0.39, 0.29) is 0 Å². The topological polar surface area (TPSA) is 34.2 Å². The highest BCUT2D eigenvalue weighted by molar-refractivity contribution is 6.13. The van der Waals surface area contributed by atoms with Crippen LogP contribution in [0.2, 0.25) is 0 Å². The van der Waals surface area contributed by atoms with E-state index in [0.717, 1.165) is 55.7 Å². The van der Waals surface area contributed by atoms with Gasteiger partial charge in [0.15, 0.2) is 5.58 Å². The molecule has 0 saturated carbocycles. The summed E-state index contributed by atoms with van der Waals surface area (Å²) in [6.45, 7) is 0. The van der Waals surface area contributed by atoms with Gasteiger partial charge in [-0.1, -0.05) is 97.1 Å². The monoisotopic (exact) mass is 577 g/mol. The van der Waals surface area contributed by atoms with Crippen LogP contribution in [0.15, 0.2) is 168 Å². The van der Waals surface area contributed by atoms with Crippen LogP contribution in [0.3, 0.4) is 0 Å². The average molecular weight is 578 g/mol. The van der Waals surface area contributed by atoms with E-state index in [9.17, 15) is 0 Å². The highest BCUT2D eigenvalue weighted by Crippen LogP contribution is 2.44. The Bertz CT molecular complexity index is 2480. The molecule has 0 amide bonds. The molecule has 0 spiro atoms. The first-order chi connectivity index (χ1) is 22.3. The Labute approximate surface area is 260 Å². The third kappa shape index (κ3) is 4.11. The van der Waals surface area contributed by atoms with Crippen molar-refractivity contribution in [3.8, 4) is 17.1 Å². The maximum atomic E-state index is 6.57. The van der Waals surface area contributed by atoms with Crippen molar-refractivity contribution in [2.45, 2.75) is 0 Å². The van der Waals surface area contributed by atoms with Crippen LogP contribution in [-0.4, -0.2) is 9.55 Å². The predicted molar refractivity (Wildman–Crippen MR) is 186 cm³/mol. The maximum Gasteiger partial charge on any atom is 0.227 e. The van der Waals surface area contributed by atoms with Gasteiger partial charge in [0.25, 0.3) is 0 Å². The first-order valence-electron chi connectivity index (χ1n) is 15.1. The van der Waals surface area contributed by atoms with Gasteiger partial charge in [0.2, 0.25) is 5.89 Å². The minimum atomic E-state index is 0.609. The fourth-order valence-corrected chi connectivity index (χ4v) is 6.56. The molecule has 212 valence electrons. The Morgan fingerprint density at radius 2 is 1.16 bits per heavy atom. The summed E-state index contributed by atoms with van der Waals surface area (Å²) in [7, 11) is 0. The number of para-hydroxylation sites is 3. The van der Waals surface area contributed by atoms with E-state index in [1.165, 1.54) is 16.3 Å². The van der Waals surface area contributed by atoms with Gasteiger partial charge in [-0.2, -0.15) is 0 Å². The number of aromatic nitrogens is 2. The van der Waals surface area contributed by atoms with Gasteiger partial charge in [-0.15, -0.1) is 0 Å². The lowest BCUT2D eigenvalue weighted by Crippen LogP contribution is -2.10. The van der Waals surface area contributed by atoms with Gasteiger partial charge in [0, 0.05) is 38.8 Å². The van der Waals surface area contributed by atoms with Crippen molar-refractivity contribution in [1.82, 2.24) is 9.55 Å². The van der Waals surface area contributed by atoms with Gasteiger partial charge in [-0.3, -0.25) is 0 Å². The van der Waals surface area contributed by atoms with Gasteiger partial charge in [0.1, 0.15) is 5.52 Å². The summed E-state index contributed by atoms with van der Waals surface area (Å²) < 4.78 is 8.92. The number of anilines is 3. The normalized spacial score (nSPS) is 11.6. The van der Waals surface area contributed by atoms with Crippen LogP contribution in [0, 0.1) is 0 Å². The van der Waals surface area contributed by atoms with Gasteiger partial charge in [-0.25, -0.2) is 4.98 Å². The number of hydrogen-bond acceptors (Lipinski definition) is 3. The first-order valence-corrected chi connectivity index (χ1v) is 15.1. The van der Waals surface area contributed by atoms with Crippen LogP contribution in [0.1, 0.15) is 0 Å². The molecule has 45 heavy (non-hydrogen) atoms. The van der Waals surface area contributed by atoms with E-state index < -0.39 is 0 Å². The largest absolute Gasteiger partial charge is 0.435 e. The summed E-state index contributed by atoms with van der Waals surface area (Å²) in [4.78, 5) is 7.45. The minimum Gasteiger partial charge on any atom is -0.435 e. The Morgan fingerprint density at radius 1 is 0.511 bits per heavy atom. The Morgan fingerprint density at radius 3 is 1.96 bits per heavy atom. The minimum absolute atomic E-state index is 0.609. The number of hydrogen-bond donors (Lipinski definition) is 0. The van der Waals surface area contributed by atoms with E-state index in [1.807, 2.05) is 30.3 Å². The zero-order chi connectivity index (χ0) is 29.7. The van der Waals surface area contributed by atoms with E-state index >= 15 is 0 Å². The molecule has 0 radical (unpaired) electrons. The second kappa shape index (κ2) is 10.2. The molecule has 0 atom stereocenters. The van der Waals surface area contributed by atoms with Gasteiger partial charge in [-0.05, 0) is 72.1 Å². The molecule has 0 aliphatic carbocycles. The molecule has 0 bridgehead atoms. The molecule has 0 N–H and O–H groups in total. The van der Waals surface area contributed by atoms with E-state index in [4.69, 9.17) is 9.40 Å². The molecule has 9 aromatic rings. The summed E-state index contributed by atoms with van der Waals surface area (Å²) >= 11 is 0. The fourth-order valence-electron chi connectivity index (χ4n) is 6.56. The van der Waals surface area contributed by atoms with Crippen LogP contribution in [0.4, 0.5) is 17.1 Å². The second-order valence-electron chi connectivity index (χ2n) is 11.2. The summed E-state index contributed by atoms with van der Waals surface area (Å²) in [6, 6.07) is 57.2. The Balaban J connectivity index is 1.34. The quantitative estimate of drug-likeness (QED) is 0.204. The average Bonchev–Trinajstić information content (AvgIpc) is 3.70. The number of benzene rings is 7. The SMILES string of the molecule is c1ccc(-c2nc3c(N(c4ccccc4)c4ccc5c(c4)c4ccccc4n5-c4ccccc4)cc4ccccc4c3o2)cc1. The Kier molecular flexibility index (Phi) is 5.78. The lowest BCUT2D eigenvalue weighted by atomic mass is 10.1. The van der Waals surface area contributed by atoms with Crippen LogP contribution < -0.4 is 4.90 Å². The van der Waals surface area contributed by atoms with Crippen LogP contribution in [-0.2, 0) is 0 Å². The lowest BCUT2D eigenvalue weighted by Gasteiger charge is -2.26. The molecule has 4 heteroatoms. The van der Waals surface area contributed by atoms with Crippen LogP contribution in [0.25, 0.3) is 60.8 Å². The third-order valence-electron chi connectivity index (χ3n) is 8.57. The maximum absolute atomic E-state index is 6.57. The molecular formula is C41H27N3O. The summed E-state index contributed by atoms with van der Waals surface area (Å²) in [5, 5.41) is 4.54. The van der Waals surface area contributed by atoms with E-state index in [1.54, 1.807) is 0 Å². The van der Waals surface area contributed by atoms with Crippen molar-refractivity contribution < 1.29 is 4.42 Å². The molecule has 4 nitrogen and oxygen atoms in total. The molecule has 9 rings (SSSR count). The van der Waals surface area contributed by atoms with Crippen molar-refractivity contribution in [3.63, 3.8) is 0 Å². The van der Waals surface area contributed by atoms with Gasteiger partial charge < -0.3 is 13.9 Å². The summed E-state index contributed by atoms with van der Waals surface area (Å²) in [5.41, 5.74) is 9.10. The molecule has 0 aliphatic rings. The molecule has 0 aliphatic heterocycles. The summed E-state index contributed by atoms with van der Waals surface area (Å²) in [5.74, 6) is 0.609. The molecule has 0 unspecified atom stereocenters. The fraction of sp³-hybridized carbons (Fsp3) is 0. The van der Waals surface area contributed by atoms with Crippen molar-refractivity contribution >= 4 is 60.7 Å². The lowest BCUT2D eigenvalue weighted by molar-refractivity contribution is 0.623. The van der Waals surface area contributed by atoms with Crippen LogP contribution in [0.5, 0.6) is 0 Å². The van der Waals surface area contributed by atoms with Crippen molar-refractivity contribution in [2.75, 3.05) is 4.90 Å². The zero-order valence-electron chi connectivity index (χ0n) is 24.3. The van der Waals surface area contributed by atoms with E-state index in [2.05, 4.69) is 143 Å². The zero-order valence-corrected chi connectivity index (χ0v) is 24.3. The van der Waals surface area contributed by atoms with Crippen molar-refractivity contribution in [1.29, 1.82) is 0 Å². The van der Waals surface area contributed by atoms with Gasteiger partial charge >= 0.3 is 0 Å². The smallest absolute Gasteiger partial charge is 0.227 e. The Hall–Kier alpha value is -6.13. The van der Waals surface area contributed by atoms with E-state index in [0.29, 0.717) is 5.89 Å². The number of nitrogens with zero attached hydrogens (tertiary/aromatic N) is 3. The van der Waals surface area contributed by atoms with Crippen molar-refractivity contribution in [2.24, 2.45) is 0 Å². The standard InChI is InChI=1S/C41H27N3O/c1-4-14-28(15-5-1)41-42-39-38(26-29-16-10-11-21-33(29)40(39)45-41)43(30-17-6-2-7-18-30)32-24-25-37-35(27-32)34-22-12-13-23-36(34)44(37)31-19-8-3-9-20-31/h1-27H. The highest BCUT2D eigenvalue weighted by atomic mass is 16.3. The molecule has 0 fully saturated rings. The highest BCUT2D eigenvalue weighted by Gasteiger charge is 2.23. The summed E-state index contributed by atoms with van der Waals surface area (Å²) in [6.07, 6.45) is 0. The number of fused-ring (bicyclic) bond motifs is 6. The third-order valence-corrected chi connectivity index (χ3v) is 8.57. The molecule has 0 saturated heterocycles. The molecule has 7 aromatic carbocycles. The predicted octanol–water partition coefficient (Wildman–Crippen LogP) is 11.2. The molecular weight excluding hydrogens is 550 g/mol. The van der Waals surface area contributed by atoms with Crippen molar-refractivity contribution in [3.05, 3.63) is 164 Å². The second-order valence-corrected chi connectivity index (χ2v) is 11.2. The number of oxazole rings is 1.